The Hall–Kier alpha value is -1.82. The fraction of sp³-hybridized carbons (Fsp3) is 0.600. The zero-order chi connectivity index (χ0) is 15.2. The van der Waals surface area contributed by atoms with Crippen LogP contribution >= 0.6 is 0 Å². The molecule has 2 heterocycles. The van der Waals surface area contributed by atoms with Crippen LogP contribution in [0.5, 0.6) is 11.5 Å². The maximum atomic E-state index is 12.2. The van der Waals surface area contributed by atoms with E-state index in [1.165, 1.54) is 0 Å². The van der Waals surface area contributed by atoms with Gasteiger partial charge >= 0.3 is 0 Å². The first kappa shape index (κ1) is 15.6. The van der Waals surface area contributed by atoms with Crippen molar-refractivity contribution >= 4 is 5.91 Å². The first-order chi connectivity index (χ1) is 10.2. The van der Waals surface area contributed by atoms with Gasteiger partial charge in [-0.05, 0) is 19.8 Å². The van der Waals surface area contributed by atoms with Crippen molar-refractivity contribution in [3.8, 4) is 11.5 Å². The molecule has 1 N–H and O–H groups in total. The zero-order valence-electron chi connectivity index (χ0n) is 12.9. The molecule has 1 aliphatic heterocycles. The van der Waals surface area contributed by atoms with Crippen LogP contribution in [0.25, 0.3) is 0 Å². The molecule has 6 heteroatoms. The molecule has 1 amide bonds. The predicted octanol–water partition coefficient (Wildman–Crippen LogP) is 1.20. The summed E-state index contributed by atoms with van der Waals surface area (Å²) in [5.41, 5.74) is 0.734. The van der Waals surface area contributed by atoms with Crippen molar-refractivity contribution in [2.75, 3.05) is 27.3 Å². The number of ether oxygens (including phenoxy) is 2. The van der Waals surface area contributed by atoms with Gasteiger partial charge in [0, 0.05) is 31.9 Å². The number of hydrogen-bond donors (Lipinski definition) is 1. The second-order valence-electron chi connectivity index (χ2n) is 5.13. The Morgan fingerprint density at radius 3 is 2.71 bits per heavy atom. The first-order valence-electron chi connectivity index (χ1n) is 7.25. The van der Waals surface area contributed by atoms with E-state index in [9.17, 15) is 4.79 Å². The lowest BCUT2D eigenvalue weighted by molar-refractivity contribution is -0.132. The predicted molar refractivity (Wildman–Crippen MR) is 79.5 cm³/mol. The molecule has 0 aromatic carbocycles. The number of amides is 1. The van der Waals surface area contributed by atoms with E-state index in [4.69, 9.17) is 9.47 Å². The third kappa shape index (κ3) is 3.64. The van der Waals surface area contributed by atoms with Crippen molar-refractivity contribution in [1.29, 1.82) is 0 Å². The van der Waals surface area contributed by atoms with Crippen LogP contribution in [0.3, 0.4) is 0 Å². The monoisotopic (exact) mass is 293 g/mol. The van der Waals surface area contributed by atoms with Crippen molar-refractivity contribution in [2.24, 2.45) is 0 Å². The molecule has 0 aliphatic carbocycles. The quantitative estimate of drug-likeness (QED) is 0.854. The van der Waals surface area contributed by atoms with Crippen LogP contribution in [0.2, 0.25) is 0 Å². The zero-order valence-corrected chi connectivity index (χ0v) is 12.9. The summed E-state index contributed by atoms with van der Waals surface area (Å²) >= 11 is 0. The van der Waals surface area contributed by atoms with E-state index in [1.54, 1.807) is 26.5 Å². The minimum Gasteiger partial charge on any atom is -0.493 e. The van der Waals surface area contributed by atoms with Gasteiger partial charge in [0.25, 0.3) is 0 Å². The Kier molecular flexibility index (Phi) is 5.38. The van der Waals surface area contributed by atoms with Gasteiger partial charge in [0.15, 0.2) is 11.5 Å². The summed E-state index contributed by atoms with van der Waals surface area (Å²) in [6, 6.07) is 1.52. The van der Waals surface area contributed by atoms with Gasteiger partial charge in [-0.15, -0.1) is 0 Å². The van der Waals surface area contributed by atoms with Gasteiger partial charge in [0.1, 0.15) is 0 Å². The summed E-state index contributed by atoms with van der Waals surface area (Å²) in [7, 11) is 3.18. The molecule has 0 radical (unpaired) electrons. The molecule has 1 unspecified atom stereocenters. The highest BCUT2D eigenvalue weighted by atomic mass is 16.5. The highest BCUT2D eigenvalue weighted by Gasteiger charge is 2.23. The highest BCUT2D eigenvalue weighted by Crippen LogP contribution is 2.28. The SMILES string of the molecule is COc1ccnc(CNC(C)C(=O)N2CCCC2)c1OC. The smallest absolute Gasteiger partial charge is 0.239 e. The number of pyridine rings is 1. The molecule has 0 spiro atoms. The summed E-state index contributed by atoms with van der Waals surface area (Å²) in [5.74, 6) is 1.39. The Labute approximate surface area is 125 Å². The van der Waals surface area contributed by atoms with Crippen LogP contribution in [-0.2, 0) is 11.3 Å². The summed E-state index contributed by atoms with van der Waals surface area (Å²) in [5, 5.41) is 3.21. The van der Waals surface area contributed by atoms with E-state index in [1.807, 2.05) is 11.8 Å². The maximum Gasteiger partial charge on any atom is 0.239 e. The molecule has 21 heavy (non-hydrogen) atoms. The van der Waals surface area contributed by atoms with Crippen LogP contribution in [-0.4, -0.2) is 49.1 Å². The first-order valence-corrected chi connectivity index (χ1v) is 7.25. The summed E-state index contributed by atoms with van der Waals surface area (Å²) in [4.78, 5) is 18.4. The van der Waals surface area contributed by atoms with Crippen LogP contribution in [0.15, 0.2) is 12.3 Å². The number of likely N-dealkylation sites (tertiary alicyclic amines) is 1. The minimum absolute atomic E-state index is 0.148. The standard InChI is InChI=1S/C15H23N3O3/c1-11(15(19)18-8-4-5-9-18)17-10-12-14(21-3)13(20-2)6-7-16-12/h6-7,11,17H,4-5,8-10H2,1-3H3. The fourth-order valence-corrected chi connectivity index (χ4v) is 2.52. The summed E-state index contributed by atoms with van der Waals surface area (Å²) < 4.78 is 10.6. The summed E-state index contributed by atoms with van der Waals surface area (Å²) in [6.07, 6.45) is 3.87. The highest BCUT2D eigenvalue weighted by molar-refractivity contribution is 5.81. The second kappa shape index (κ2) is 7.26. The van der Waals surface area contributed by atoms with E-state index in [0.29, 0.717) is 18.0 Å². The number of hydrogen-bond acceptors (Lipinski definition) is 5. The molecule has 0 saturated carbocycles. The number of nitrogens with zero attached hydrogens (tertiary/aromatic N) is 2. The minimum atomic E-state index is -0.235. The van der Waals surface area contributed by atoms with Crippen LogP contribution < -0.4 is 14.8 Å². The van der Waals surface area contributed by atoms with Gasteiger partial charge in [-0.25, -0.2) is 0 Å². The van der Waals surface area contributed by atoms with E-state index in [-0.39, 0.29) is 11.9 Å². The Morgan fingerprint density at radius 2 is 2.10 bits per heavy atom. The van der Waals surface area contributed by atoms with Crippen molar-refractivity contribution in [3.05, 3.63) is 18.0 Å². The number of aromatic nitrogens is 1. The number of rotatable bonds is 6. The molecule has 6 nitrogen and oxygen atoms in total. The lowest BCUT2D eigenvalue weighted by atomic mass is 10.2. The number of nitrogens with one attached hydrogen (secondary N) is 1. The van der Waals surface area contributed by atoms with E-state index in [2.05, 4.69) is 10.3 Å². The largest absolute Gasteiger partial charge is 0.493 e. The van der Waals surface area contributed by atoms with Crippen molar-refractivity contribution in [3.63, 3.8) is 0 Å². The van der Waals surface area contributed by atoms with Gasteiger partial charge in [0.2, 0.25) is 5.91 Å². The molecular weight excluding hydrogens is 270 g/mol. The normalized spacial score (nSPS) is 15.9. The van der Waals surface area contributed by atoms with Crippen LogP contribution in [0, 0.1) is 0 Å². The van der Waals surface area contributed by atoms with E-state index in [0.717, 1.165) is 31.6 Å². The van der Waals surface area contributed by atoms with E-state index < -0.39 is 0 Å². The second-order valence-corrected chi connectivity index (χ2v) is 5.13. The van der Waals surface area contributed by atoms with Gasteiger partial charge < -0.3 is 19.7 Å². The molecule has 2 rings (SSSR count). The molecule has 0 bridgehead atoms. The van der Waals surface area contributed by atoms with Crippen molar-refractivity contribution < 1.29 is 14.3 Å². The lowest BCUT2D eigenvalue weighted by Gasteiger charge is -2.21. The number of carbonyl (C=O) groups is 1. The number of methoxy groups -OCH3 is 2. The molecule has 1 aliphatic rings. The molecular formula is C15H23N3O3. The fourth-order valence-electron chi connectivity index (χ4n) is 2.52. The van der Waals surface area contributed by atoms with Crippen molar-refractivity contribution in [1.82, 2.24) is 15.2 Å². The Balaban J connectivity index is 1.97. The molecule has 116 valence electrons. The van der Waals surface area contributed by atoms with Crippen molar-refractivity contribution in [2.45, 2.75) is 32.4 Å². The van der Waals surface area contributed by atoms with Gasteiger partial charge in [0.05, 0.1) is 26.0 Å². The van der Waals surface area contributed by atoms with Crippen LogP contribution in [0.1, 0.15) is 25.5 Å². The van der Waals surface area contributed by atoms with Gasteiger partial charge in [-0.2, -0.15) is 0 Å². The van der Waals surface area contributed by atoms with Crippen LogP contribution in [0.4, 0.5) is 0 Å². The molecule has 1 saturated heterocycles. The van der Waals surface area contributed by atoms with Gasteiger partial charge in [-0.1, -0.05) is 0 Å². The summed E-state index contributed by atoms with van der Waals surface area (Å²) in [6.45, 7) is 4.07. The Bertz CT molecular complexity index is 487. The lowest BCUT2D eigenvalue weighted by Crippen LogP contribution is -2.43. The Morgan fingerprint density at radius 1 is 1.38 bits per heavy atom. The molecule has 1 fully saturated rings. The number of carbonyl (C=O) groups excluding carboxylic acids is 1. The average molecular weight is 293 g/mol. The van der Waals surface area contributed by atoms with Gasteiger partial charge in [-0.3, -0.25) is 9.78 Å². The third-order valence-corrected chi connectivity index (χ3v) is 3.73. The van der Waals surface area contributed by atoms with E-state index >= 15 is 0 Å². The third-order valence-electron chi connectivity index (χ3n) is 3.73. The maximum absolute atomic E-state index is 12.2. The topological polar surface area (TPSA) is 63.7 Å². The molecule has 1 aromatic rings. The molecule has 1 aromatic heterocycles. The molecule has 1 atom stereocenters. The average Bonchev–Trinajstić information content (AvgIpc) is 3.05.